The van der Waals surface area contributed by atoms with Gasteiger partial charge in [0.05, 0.1) is 16.4 Å². The van der Waals surface area contributed by atoms with Crippen LogP contribution in [-0.2, 0) is 0 Å². The smallest absolute Gasteiger partial charge is 0.143 e. The maximum absolute atomic E-state index is 9.91. The summed E-state index contributed by atoms with van der Waals surface area (Å²) < 4.78 is 0. The number of hydrogen-bond donors (Lipinski definition) is 2. The van der Waals surface area contributed by atoms with Gasteiger partial charge < -0.3 is 5.11 Å². The van der Waals surface area contributed by atoms with Gasteiger partial charge in [0.25, 0.3) is 0 Å². The van der Waals surface area contributed by atoms with Crippen LogP contribution in [0.2, 0.25) is 15.1 Å². The van der Waals surface area contributed by atoms with Crippen LogP contribution in [0, 0.1) is 0 Å². The van der Waals surface area contributed by atoms with Crippen LogP contribution in [-0.4, -0.2) is 10.8 Å². The molecule has 0 aromatic heterocycles. The third kappa shape index (κ3) is 3.57. The number of aromatic hydroxyl groups is 1. The Hall–Kier alpha value is -1.42. The van der Waals surface area contributed by atoms with E-state index in [2.05, 4.69) is 10.5 Å². The van der Waals surface area contributed by atoms with Gasteiger partial charge >= 0.3 is 0 Å². The summed E-state index contributed by atoms with van der Waals surface area (Å²) >= 11 is 17.6. The lowest BCUT2D eigenvalue weighted by Gasteiger charge is -2.08. The Morgan fingerprint density at radius 1 is 1.05 bits per heavy atom. The molecule has 0 heterocycles. The zero-order valence-corrected chi connectivity index (χ0v) is 12.8. The summed E-state index contributed by atoms with van der Waals surface area (Å²) in [5.41, 5.74) is 4.68. The monoisotopic (exact) mass is 328 g/mol. The highest BCUT2D eigenvalue weighted by molar-refractivity contribution is 6.36. The lowest BCUT2D eigenvalue weighted by Crippen LogP contribution is -2.00. The maximum atomic E-state index is 9.91. The molecule has 2 aromatic carbocycles. The first-order valence-corrected chi connectivity index (χ1v) is 6.85. The van der Waals surface area contributed by atoms with Gasteiger partial charge in [0.2, 0.25) is 0 Å². The number of hydrogen-bond acceptors (Lipinski definition) is 3. The van der Waals surface area contributed by atoms with Crippen molar-refractivity contribution >= 4 is 46.2 Å². The van der Waals surface area contributed by atoms with E-state index < -0.39 is 0 Å². The van der Waals surface area contributed by atoms with E-state index in [-0.39, 0.29) is 10.8 Å². The van der Waals surface area contributed by atoms with E-state index in [1.807, 2.05) is 0 Å². The third-order valence-corrected chi connectivity index (χ3v) is 3.37. The fourth-order valence-electron chi connectivity index (χ4n) is 1.57. The lowest BCUT2D eigenvalue weighted by molar-refractivity contribution is 0.474. The average molecular weight is 330 g/mol. The molecule has 0 atom stereocenters. The SMILES string of the molecule is C/C(=N\Nc1ccc(Cl)cc1)c1cc(Cl)cc(Cl)c1O. The summed E-state index contributed by atoms with van der Waals surface area (Å²) in [6.45, 7) is 1.74. The van der Waals surface area contributed by atoms with Gasteiger partial charge in [0, 0.05) is 15.6 Å². The Morgan fingerprint density at radius 3 is 2.35 bits per heavy atom. The van der Waals surface area contributed by atoms with E-state index in [0.29, 0.717) is 21.3 Å². The molecule has 2 rings (SSSR count). The van der Waals surface area contributed by atoms with Crippen LogP contribution in [0.3, 0.4) is 0 Å². The van der Waals surface area contributed by atoms with E-state index in [0.717, 1.165) is 5.69 Å². The molecule has 0 aliphatic rings. The molecule has 0 saturated heterocycles. The number of anilines is 1. The number of hydrazone groups is 1. The molecule has 0 bridgehead atoms. The molecule has 0 radical (unpaired) electrons. The first-order chi connectivity index (χ1) is 9.47. The molecular formula is C14H11Cl3N2O. The molecular weight excluding hydrogens is 319 g/mol. The molecule has 6 heteroatoms. The number of nitrogens with one attached hydrogen (secondary N) is 1. The van der Waals surface area contributed by atoms with Crippen LogP contribution < -0.4 is 5.43 Å². The maximum Gasteiger partial charge on any atom is 0.143 e. The standard InChI is InChI=1S/C14H11Cl3N2O/c1-8(12-6-10(16)7-13(17)14(12)20)18-19-11-4-2-9(15)3-5-11/h2-7,19-20H,1H3/b18-8+. The van der Waals surface area contributed by atoms with Gasteiger partial charge in [-0.25, -0.2) is 0 Å². The van der Waals surface area contributed by atoms with Crippen LogP contribution in [0.15, 0.2) is 41.5 Å². The minimum Gasteiger partial charge on any atom is -0.506 e. The van der Waals surface area contributed by atoms with Crippen molar-refractivity contribution in [3.63, 3.8) is 0 Å². The summed E-state index contributed by atoms with van der Waals surface area (Å²) in [6.07, 6.45) is 0. The van der Waals surface area contributed by atoms with E-state index >= 15 is 0 Å². The summed E-state index contributed by atoms with van der Waals surface area (Å²) in [6, 6.07) is 10.2. The quantitative estimate of drug-likeness (QED) is 0.601. The number of nitrogens with zero attached hydrogens (tertiary/aromatic N) is 1. The molecule has 3 nitrogen and oxygen atoms in total. The summed E-state index contributed by atoms with van der Waals surface area (Å²) in [7, 11) is 0. The van der Waals surface area contributed by atoms with E-state index in [1.165, 1.54) is 6.07 Å². The molecule has 0 amide bonds. The van der Waals surface area contributed by atoms with Crippen molar-refractivity contribution in [2.75, 3.05) is 5.43 Å². The number of halogens is 3. The predicted octanol–water partition coefficient (Wildman–Crippen LogP) is 5.19. The van der Waals surface area contributed by atoms with Crippen LogP contribution in [0.1, 0.15) is 12.5 Å². The summed E-state index contributed by atoms with van der Waals surface area (Å²) in [4.78, 5) is 0. The summed E-state index contributed by atoms with van der Waals surface area (Å²) in [5, 5.41) is 15.4. The first kappa shape index (κ1) is 15.0. The van der Waals surface area contributed by atoms with Crippen molar-refractivity contribution in [1.82, 2.24) is 0 Å². The van der Waals surface area contributed by atoms with Gasteiger partial charge in [-0.1, -0.05) is 34.8 Å². The highest BCUT2D eigenvalue weighted by Crippen LogP contribution is 2.31. The zero-order valence-electron chi connectivity index (χ0n) is 10.5. The molecule has 2 aromatic rings. The van der Waals surface area contributed by atoms with E-state index in [9.17, 15) is 5.11 Å². The van der Waals surface area contributed by atoms with Crippen molar-refractivity contribution in [1.29, 1.82) is 0 Å². The van der Waals surface area contributed by atoms with E-state index in [1.54, 1.807) is 37.3 Å². The fraction of sp³-hybridized carbons (Fsp3) is 0.0714. The minimum atomic E-state index is -0.0461. The molecule has 0 saturated carbocycles. The third-order valence-electron chi connectivity index (χ3n) is 2.61. The van der Waals surface area contributed by atoms with Crippen molar-refractivity contribution in [2.45, 2.75) is 6.92 Å². The van der Waals surface area contributed by atoms with Gasteiger partial charge in [-0.15, -0.1) is 0 Å². The van der Waals surface area contributed by atoms with Crippen LogP contribution >= 0.6 is 34.8 Å². The average Bonchev–Trinajstić information content (AvgIpc) is 2.42. The fourth-order valence-corrected chi connectivity index (χ4v) is 2.19. The second-order valence-corrected chi connectivity index (χ2v) is 5.38. The van der Waals surface area contributed by atoms with Crippen molar-refractivity contribution < 1.29 is 5.11 Å². The second kappa shape index (κ2) is 6.35. The number of phenolic OH excluding ortho intramolecular Hbond substituents is 1. The summed E-state index contributed by atoms with van der Waals surface area (Å²) in [5.74, 6) is -0.0461. The molecule has 0 fully saturated rings. The normalized spacial score (nSPS) is 11.5. The predicted molar refractivity (Wildman–Crippen MR) is 85.4 cm³/mol. The number of rotatable bonds is 3. The van der Waals surface area contributed by atoms with Gasteiger partial charge in [-0.05, 0) is 43.3 Å². The van der Waals surface area contributed by atoms with Crippen molar-refractivity contribution in [3.8, 4) is 5.75 Å². The molecule has 0 aliphatic heterocycles. The largest absolute Gasteiger partial charge is 0.506 e. The lowest BCUT2D eigenvalue weighted by atomic mass is 10.1. The Morgan fingerprint density at radius 2 is 1.70 bits per heavy atom. The molecule has 0 unspecified atom stereocenters. The highest BCUT2D eigenvalue weighted by Gasteiger charge is 2.10. The minimum absolute atomic E-state index is 0.0461. The molecule has 20 heavy (non-hydrogen) atoms. The Bertz CT molecular complexity index is 654. The van der Waals surface area contributed by atoms with Crippen LogP contribution in [0.4, 0.5) is 5.69 Å². The highest BCUT2D eigenvalue weighted by atomic mass is 35.5. The van der Waals surface area contributed by atoms with E-state index in [4.69, 9.17) is 34.8 Å². The Balaban J connectivity index is 2.24. The topological polar surface area (TPSA) is 44.6 Å². The zero-order chi connectivity index (χ0) is 14.7. The van der Waals surface area contributed by atoms with Gasteiger partial charge in [-0.2, -0.15) is 5.10 Å². The van der Waals surface area contributed by atoms with Gasteiger partial charge in [-0.3, -0.25) is 5.43 Å². The van der Waals surface area contributed by atoms with Gasteiger partial charge in [0.15, 0.2) is 0 Å². The number of phenols is 1. The molecule has 0 aliphatic carbocycles. The Kier molecular flexibility index (Phi) is 4.76. The molecule has 104 valence electrons. The second-order valence-electron chi connectivity index (χ2n) is 4.10. The van der Waals surface area contributed by atoms with Crippen molar-refractivity contribution in [2.24, 2.45) is 5.10 Å². The first-order valence-electron chi connectivity index (χ1n) is 5.71. The van der Waals surface area contributed by atoms with Crippen LogP contribution in [0.25, 0.3) is 0 Å². The van der Waals surface area contributed by atoms with Crippen LogP contribution in [0.5, 0.6) is 5.75 Å². The number of benzene rings is 2. The molecule has 0 spiro atoms. The Labute approximate surface area is 131 Å². The van der Waals surface area contributed by atoms with Gasteiger partial charge in [0.1, 0.15) is 5.75 Å². The molecule has 2 N–H and O–H groups in total. The van der Waals surface area contributed by atoms with Crippen molar-refractivity contribution in [3.05, 3.63) is 57.0 Å².